The van der Waals surface area contributed by atoms with Gasteiger partial charge < -0.3 is 19.1 Å². The van der Waals surface area contributed by atoms with Crippen LogP contribution >= 0.6 is 0 Å². The Morgan fingerprint density at radius 3 is 2.02 bits per heavy atom. The third-order valence-corrected chi connectivity index (χ3v) is 8.74. The van der Waals surface area contributed by atoms with Gasteiger partial charge in [0.15, 0.2) is 0 Å². The molecule has 7 nitrogen and oxygen atoms in total. The van der Waals surface area contributed by atoms with E-state index in [9.17, 15) is 9.59 Å². The third-order valence-electron chi connectivity index (χ3n) is 8.74. The molecule has 3 aromatic rings. The van der Waals surface area contributed by atoms with Crippen molar-refractivity contribution in [2.24, 2.45) is 5.92 Å². The highest BCUT2D eigenvalue weighted by atomic mass is 16.5. The van der Waals surface area contributed by atoms with Crippen molar-refractivity contribution in [3.8, 4) is 11.5 Å². The topological polar surface area (TPSA) is 77.1 Å². The van der Waals surface area contributed by atoms with Crippen molar-refractivity contribution in [3.05, 3.63) is 102 Å². The fourth-order valence-corrected chi connectivity index (χ4v) is 6.26. The van der Waals surface area contributed by atoms with E-state index < -0.39 is 0 Å². The second kappa shape index (κ2) is 15.9. The van der Waals surface area contributed by atoms with Crippen LogP contribution in [0, 0.1) is 5.92 Å². The van der Waals surface area contributed by atoms with E-state index >= 15 is 0 Å². The normalized spacial score (nSPS) is 17.2. The average Bonchev–Trinajstić information content (AvgIpc) is 3.75. The Kier molecular flexibility index (Phi) is 11.5. The molecule has 2 fully saturated rings. The number of hydrogen-bond donors (Lipinski definition) is 1. The molecular formula is C39H48N2O5. The number of esters is 1. The first-order chi connectivity index (χ1) is 22.3. The number of carbonyl (C=O) groups excluding carboxylic acids is 2. The summed E-state index contributed by atoms with van der Waals surface area (Å²) in [6.45, 7) is 12.1. The molecule has 0 radical (unpaired) electrons. The van der Waals surface area contributed by atoms with Crippen molar-refractivity contribution in [3.63, 3.8) is 0 Å². The van der Waals surface area contributed by atoms with E-state index in [2.05, 4.69) is 25.7 Å². The summed E-state index contributed by atoms with van der Waals surface area (Å²) in [6, 6.07) is 23.2. The molecule has 1 amide bonds. The Morgan fingerprint density at radius 1 is 0.870 bits per heavy atom. The molecule has 1 aliphatic carbocycles. The van der Waals surface area contributed by atoms with E-state index in [1.54, 1.807) is 0 Å². The molecule has 5 rings (SSSR count). The molecule has 3 aromatic carbocycles. The highest BCUT2D eigenvalue weighted by Gasteiger charge is 2.34. The predicted octanol–water partition coefficient (Wildman–Crippen LogP) is 7.58. The van der Waals surface area contributed by atoms with E-state index in [0.717, 1.165) is 54.4 Å². The van der Waals surface area contributed by atoms with Gasteiger partial charge in [0, 0.05) is 30.8 Å². The molecule has 1 saturated carbocycles. The van der Waals surface area contributed by atoms with Gasteiger partial charge in [-0.15, -0.1) is 0 Å². The lowest BCUT2D eigenvalue weighted by molar-refractivity contribution is -0.152. The van der Waals surface area contributed by atoms with Gasteiger partial charge in [0.05, 0.1) is 5.56 Å². The van der Waals surface area contributed by atoms with Gasteiger partial charge in [-0.3, -0.25) is 14.9 Å². The zero-order valence-electron chi connectivity index (χ0n) is 27.5. The maximum atomic E-state index is 14.2. The number of hydrogen-bond acceptors (Lipinski definition) is 6. The molecule has 1 unspecified atom stereocenters. The smallest absolute Gasteiger partial charge is 0.323 e. The summed E-state index contributed by atoms with van der Waals surface area (Å²) < 4.78 is 18.5. The Balaban J connectivity index is 1.34. The summed E-state index contributed by atoms with van der Waals surface area (Å²) in [5.74, 6) is 1.14. The average molecular weight is 625 g/mol. The Hall–Kier alpha value is -4.10. The number of allylic oxidation sites excluding steroid dienone is 1. The fourth-order valence-electron chi connectivity index (χ4n) is 6.26. The standard InChI is InChI=1S/C39H48N2O5/c1-27(2)21-35(39(43)46-32-17-11-12-18-32)40-31-19-20-41(24-31)38(42)34-22-33(28(3)4)36(44-25-29-13-7-5-8-14-29)23-37(34)45-26-30-15-9-6-10-16-30/h5-10,13-16,22-23,27,31-32,35,40H,3,11-12,17-21,24-26H2,1-2,4H3/t31?,35-/m1/s1. The van der Waals surface area contributed by atoms with Gasteiger partial charge >= 0.3 is 5.97 Å². The van der Waals surface area contributed by atoms with Gasteiger partial charge in [-0.25, -0.2) is 0 Å². The van der Waals surface area contributed by atoms with Gasteiger partial charge in [-0.1, -0.05) is 81.1 Å². The van der Waals surface area contributed by atoms with Crippen LogP contribution in [0.25, 0.3) is 5.57 Å². The number of likely N-dealkylation sites (tertiary alicyclic amines) is 1. The summed E-state index contributed by atoms with van der Waals surface area (Å²) in [5.41, 5.74) is 4.08. The second-order valence-corrected chi connectivity index (χ2v) is 13.1. The summed E-state index contributed by atoms with van der Waals surface area (Å²) in [6.07, 6.45) is 5.60. The van der Waals surface area contributed by atoms with Crippen LogP contribution in [0.2, 0.25) is 0 Å². The van der Waals surface area contributed by atoms with Crippen molar-refractivity contribution in [2.45, 2.75) is 90.7 Å². The third kappa shape index (κ3) is 9.00. The van der Waals surface area contributed by atoms with E-state index in [4.69, 9.17) is 14.2 Å². The summed E-state index contributed by atoms with van der Waals surface area (Å²) in [5, 5.41) is 3.56. The Bertz CT molecular complexity index is 1470. The zero-order valence-corrected chi connectivity index (χ0v) is 27.5. The minimum atomic E-state index is -0.388. The highest BCUT2D eigenvalue weighted by Crippen LogP contribution is 2.35. The number of carbonyl (C=O) groups is 2. The van der Waals surface area contributed by atoms with E-state index in [-0.39, 0.29) is 30.1 Å². The predicted molar refractivity (Wildman–Crippen MR) is 182 cm³/mol. The Labute approximate surface area is 273 Å². The number of nitrogens with one attached hydrogen (secondary N) is 1. The molecule has 46 heavy (non-hydrogen) atoms. The minimum Gasteiger partial charge on any atom is -0.488 e. The lowest BCUT2D eigenvalue weighted by Crippen LogP contribution is -2.47. The van der Waals surface area contributed by atoms with E-state index in [1.165, 1.54) is 0 Å². The van der Waals surface area contributed by atoms with Crippen LogP contribution in [-0.2, 0) is 22.7 Å². The van der Waals surface area contributed by atoms with Crippen LogP contribution < -0.4 is 14.8 Å². The van der Waals surface area contributed by atoms with Crippen molar-refractivity contribution < 1.29 is 23.8 Å². The van der Waals surface area contributed by atoms with Crippen LogP contribution in [0.15, 0.2) is 79.4 Å². The molecule has 1 aliphatic heterocycles. The molecule has 0 bridgehead atoms. The molecular weight excluding hydrogens is 576 g/mol. The summed E-state index contributed by atoms with van der Waals surface area (Å²) in [4.78, 5) is 29.2. The van der Waals surface area contributed by atoms with E-state index in [0.29, 0.717) is 55.7 Å². The van der Waals surface area contributed by atoms with Gasteiger partial charge in [0.2, 0.25) is 0 Å². The van der Waals surface area contributed by atoms with Gasteiger partial charge in [-0.2, -0.15) is 0 Å². The largest absolute Gasteiger partial charge is 0.488 e. The maximum Gasteiger partial charge on any atom is 0.323 e. The molecule has 0 spiro atoms. The Morgan fingerprint density at radius 2 is 1.46 bits per heavy atom. The minimum absolute atomic E-state index is 0.00777. The molecule has 2 atom stereocenters. The molecule has 1 saturated heterocycles. The second-order valence-electron chi connectivity index (χ2n) is 13.1. The van der Waals surface area contributed by atoms with Crippen LogP contribution in [0.3, 0.4) is 0 Å². The first kappa shape index (κ1) is 33.3. The molecule has 2 aliphatic rings. The lowest BCUT2D eigenvalue weighted by atomic mass is 10.0. The molecule has 7 heteroatoms. The van der Waals surface area contributed by atoms with E-state index in [1.807, 2.05) is 84.6 Å². The molecule has 244 valence electrons. The number of rotatable bonds is 14. The number of ether oxygens (including phenoxy) is 3. The van der Waals surface area contributed by atoms with Crippen molar-refractivity contribution in [1.29, 1.82) is 0 Å². The first-order valence-electron chi connectivity index (χ1n) is 16.7. The molecule has 0 aromatic heterocycles. The SMILES string of the molecule is C=C(C)c1cc(C(=O)N2CCC(N[C@H](CC(C)C)C(=O)OC3CCCC3)C2)c(OCc2ccccc2)cc1OCc1ccccc1. The van der Waals surface area contributed by atoms with Crippen molar-refractivity contribution in [1.82, 2.24) is 10.2 Å². The first-order valence-corrected chi connectivity index (χ1v) is 16.7. The zero-order chi connectivity index (χ0) is 32.5. The number of amides is 1. The summed E-state index contributed by atoms with van der Waals surface area (Å²) in [7, 11) is 0. The lowest BCUT2D eigenvalue weighted by Gasteiger charge is -2.25. The quantitative estimate of drug-likeness (QED) is 0.186. The maximum absolute atomic E-state index is 14.2. The molecule has 1 N–H and O–H groups in total. The van der Waals surface area contributed by atoms with Crippen LogP contribution in [0.5, 0.6) is 11.5 Å². The highest BCUT2D eigenvalue weighted by molar-refractivity contribution is 5.98. The van der Waals surface area contributed by atoms with Crippen LogP contribution in [0.1, 0.15) is 86.3 Å². The summed E-state index contributed by atoms with van der Waals surface area (Å²) >= 11 is 0. The number of benzene rings is 3. The van der Waals surface area contributed by atoms with Crippen LogP contribution in [0.4, 0.5) is 0 Å². The number of nitrogens with zero attached hydrogens (tertiary/aromatic N) is 1. The van der Waals surface area contributed by atoms with Gasteiger partial charge in [0.25, 0.3) is 5.91 Å². The van der Waals surface area contributed by atoms with Gasteiger partial charge in [0.1, 0.15) is 36.9 Å². The van der Waals surface area contributed by atoms with Crippen molar-refractivity contribution >= 4 is 17.4 Å². The van der Waals surface area contributed by atoms with Crippen molar-refractivity contribution in [2.75, 3.05) is 13.1 Å². The monoisotopic (exact) mass is 624 g/mol. The van der Waals surface area contributed by atoms with Gasteiger partial charge in [-0.05, 0) is 74.1 Å². The molecule has 1 heterocycles. The fraction of sp³-hybridized carbons (Fsp3) is 0.436. The van der Waals surface area contributed by atoms with Crippen LogP contribution in [-0.4, -0.2) is 48.1 Å².